The van der Waals surface area contributed by atoms with Gasteiger partial charge in [-0.15, -0.1) is 0 Å². The first-order valence-electron chi connectivity index (χ1n) is 8.18. The first-order valence-corrected chi connectivity index (χ1v) is 8.18. The Morgan fingerprint density at radius 3 is 2.65 bits per heavy atom. The van der Waals surface area contributed by atoms with Crippen LogP contribution >= 0.6 is 0 Å². The fourth-order valence-electron chi connectivity index (χ4n) is 2.42. The molecule has 2 N–H and O–H groups in total. The topological polar surface area (TPSA) is 92.4 Å². The van der Waals surface area contributed by atoms with Crippen molar-refractivity contribution >= 4 is 11.9 Å². The zero-order chi connectivity index (χ0) is 19.3. The Morgan fingerprint density at radius 1 is 1.31 bits per heavy atom. The molecule has 26 heavy (non-hydrogen) atoms. The van der Waals surface area contributed by atoms with E-state index in [0.29, 0.717) is 6.42 Å². The molecule has 0 spiro atoms. The van der Waals surface area contributed by atoms with E-state index in [0.717, 1.165) is 12.1 Å². The van der Waals surface area contributed by atoms with Gasteiger partial charge in [-0.1, -0.05) is 13.8 Å². The fraction of sp³-hybridized carbons (Fsp3) is 0.389. The lowest BCUT2D eigenvalue weighted by Crippen LogP contribution is -2.41. The average Bonchev–Trinajstić information content (AvgIpc) is 3.00. The number of hydrogen-bond donors (Lipinski definition) is 2. The van der Waals surface area contributed by atoms with E-state index in [1.165, 1.54) is 12.3 Å². The predicted molar refractivity (Wildman–Crippen MR) is 89.2 cm³/mol. The third-order valence-electron chi connectivity index (χ3n) is 3.66. The number of nitrogens with zero attached hydrogens (tertiary/aromatic N) is 1. The molecule has 1 heterocycles. The summed E-state index contributed by atoms with van der Waals surface area (Å²) in [4.78, 5) is 27.1. The van der Waals surface area contributed by atoms with Crippen LogP contribution in [0.25, 0.3) is 11.3 Å². The molecule has 1 amide bonds. The summed E-state index contributed by atoms with van der Waals surface area (Å²) in [5.74, 6) is -2.55. The van der Waals surface area contributed by atoms with Crippen molar-refractivity contribution in [3.63, 3.8) is 0 Å². The second-order valence-electron chi connectivity index (χ2n) is 6.33. The Morgan fingerprint density at radius 2 is 2.04 bits per heavy atom. The number of aryl methyl sites for hydroxylation is 1. The van der Waals surface area contributed by atoms with Crippen molar-refractivity contribution < 1.29 is 27.9 Å². The van der Waals surface area contributed by atoms with Gasteiger partial charge in [0, 0.05) is 18.9 Å². The maximum atomic E-state index is 13.7. The number of nitrogens with one attached hydrogen (secondary N) is 1. The van der Waals surface area contributed by atoms with E-state index in [1.807, 2.05) is 13.8 Å². The molecule has 2 rings (SSSR count). The van der Waals surface area contributed by atoms with Gasteiger partial charge in [-0.3, -0.25) is 4.79 Å². The molecular weight excluding hydrogens is 346 g/mol. The van der Waals surface area contributed by atoms with Crippen LogP contribution in [0.5, 0.6) is 0 Å². The zero-order valence-electron chi connectivity index (χ0n) is 14.5. The van der Waals surface area contributed by atoms with Gasteiger partial charge in [0.05, 0.1) is 11.8 Å². The highest BCUT2D eigenvalue weighted by Gasteiger charge is 2.21. The minimum Gasteiger partial charge on any atom is -0.480 e. The van der Waals surface area contributed by atoms with E-state index >= 15 is 0 Å². The highest BCUT2D eigenvalue weighted by molar-refractivity contribution is 5.83. The highest BCUT2D eigenvalue weighted by atomic mass is 19.1. The number of carboxylic acid groups (broad SMARTS) is 1. The molecule has 0 fully saturated rings. The maximum Gasteiger partial charge on any atom is 0.326 e. The van der Waals surface area contributed by atoms with E-state index in [4.69, 9.17) is 9.52 Å². The molecule has 6 nitrogen and oxygen atoms in total. The number of aromatic nitrogens is 1. The molecule has 1 atom stereocenters. The number of carboxylic acids is 1. The molecule has 0 saturated heterocycles. The van der Waals surface area contributed by atoms with E-state index in [1.54, 1.807) is 0 Å². The van der Waals surface area contributed by atoms with Gasteiger partial charge in [-0.05, 0) is 24.5 Å². The van der Waals surface area contributed by atoms with Crippen LogP contribution in [0.2, 0.25) is 0 Å². The van der Waals surface area contributed by atoms with Crippen molar-refractivity contribution in [2.75, 3.05) is 0 Å². The number of rotatable bonds is 8. The summed E-state index contributed by atoms with van der Waals surface area (Å²) in [6.45, 7) is 3.73. The van der Waals surface area contributed by atoms with Gasteiger partial charge >= 0.3 is 5.97 Å². The Hall–Kier alpha value is -2.77. The van der Waals surface area contributed by atoms with Crippen LogP contribution in [0, 0.1) is 17.6 Å². The van der Waals surface area contributed by atoms with Gasteiger partial charge in [-0.2, -0.15) is 0 Å². The average molecular weight is 366 g/mol. The SMILES string of the molecule is CC(C)C[C@@H](NC(=O)CCc1ncc(-c2ccc(F)cc2F)o1)C(=O)O. The van der Waals surface area contributed by atoms with Crippen LogP contribution in [-0.2, 0) is 16.0 Å². The Balaban J connectivity index is 1.95. The zero-order valence-corrected chi connectivity index (χ0v) is 14.5. The summed E-state index contributed by atoms with van der Waals surface area (Å²) in [6.07, 6.45) is 1.73. The van der Waals surface area contributed by atoms with E-state index in [2.05, 4.69) is 10.3 Å². The Kier molecular flexibility index (Phi) is 6.43. The van der Waals surface area contributed by atoms with Crippen LogP contribution in [0.15, 0.2) is 28.8 Å². The van der Waals surface area contributed by atoms with Crippen LogP contribution in [0.3, 0.4) is 0 Å². The van der Waals surface area contributed by atoms with Crippen molar-refractivity contribution in [3.05, 3.63) is 41.9 Å². The third-order valence-corrected chi connectivity index (χ3v) is 3.66. The molecule has 0 bridgehead atoms. The first-order chi connectivity index (χ1) is 12.3. The molecule has 0 aliphatic heterocycles. The molecule has 0 saturated carbocycles. The van der Waals surface area contributed by atoms with Gasteiger partial charge in [0.25, 0.3) is 0 Å². The number of aliphatic carboxylic acids is 1. The molecule has 1 aromatic heterocycles. The quantitative estimate of drug-likeness (QED) is 0.749. The lowest BCUT2D eigenvalue weighted by Gasteiger charge is -2.16. The van der Waals surface area contributed by atoms with Gasteiger partial charge < -0.3 is 14.8 Å². The van der Waals surface area contributed by atoms with Gasteiger partial charge in [0.1, 0.15) is 17.7 Å². The maximum absolute atomic E-state index is 13.7. The van der Waals surface area contributed by atoms with Gasteiger partial charge in [0.2, 0.25) is 5.91 Å². The number of halogens is 2. The monoisotopic (exact) mass is 366 g/mol. The second-order valence-corrected chi connectivity index (χ2v) is 6.33. The molecule has 0 aliphatic carbocycles. The lowest BCUT2D eigenvalue weighted by atomic mass is 10.0. The van der Waals surface area contributed by atoms with Gasteiger partial charge in [0.15, 0.2) is 11.7 Å². The molecule has 0 unspecified atom stereocenters. The smallest absolute Gasteiger partial charge is 0.326 e. The summed E-state index contributed by atoms with van der Waals surface area (Å²) in [7, 11) is 0. The van der Waals surface area contributed by atoms with Crippen molar-refractivity contribution in [2.45, 2.75) is 39.2 Å². The normalized spacial score (nSPS) is 12.2. The fourth-order valence-corrected chi connectivity index (χ4v) is 2.42. The molecular formula is C18H20F2N2O4. The van der Waals surface area contributed by atoms with Gasteiger partial charge in [-0.25, -0.2) is 18.6 Å². The Labute approximate surface area is 149 Å². The van der Waals surface area contributed by atoms with E-state index in [9.17, 15) is 18.4 Å². The molecule has 0 aliphatic rings. The summed E-state index contributed by atoms with van der Waals surface area (Å²) in [5.41, 5.74) is 0.0671. The molecule has 140 valence electrons. The summed E-state index contributed by atoms with van der Waals surface area (Å²) in [6, 6.07) is 2.14. The summed E-state index contributed by atoms with van der Waals surface area (Å²) in [5, 5.41) is 11.6. The van der Waals surface area contributed by atoms with Crippen molar-refractivity contribution in [2.24, 2.45) is 5.92 Å². The standard InChI is InChI=1S/C18H20F2N2O4/c1-10(2)7-14(18(24)25)22-16(23)5-6-17-21-9-15(26-17)12-4-3-11(19)8-13(12)20/h3-4,8-10,14H,5-7H2,1-2H3,(H,22,23)(H,24,25)/t14-/m1/s1. The van der Waals surface area contributed by atoms with Crippen molar-refractivity contribution in [1.82, 2.24) is 10.3 Å². The summed E-state index contributed by atoms with van der Waals surface area (Å²) >= 11 is 0. The predicted octanol–water partition coefficient (Wildman–Crippen LogP) is 3.17. The van der Waals surface area contributed by atoms with E-state index < -0.39 is 29.6 Å². The van der Waals surface area contributed by atoms with Crippen LogP contribution < -0.4 is 5.32 Å². The number of benzene rings is 1. The Bertz CT molecular complexity index is 789. The third kappa shape index (κ3) is 5.37. The van der Waals surface area contributed by atoms with E-state index in [-0.39, 0.29) is 36.0 Å². The largest absolute Gasteiger partial charge is 0.480 e. The number of carbonyl (C=O) groups excluding carboxylic acids is 1. The van der Waals surface area contributed by atoms with Crippen molar-refractivity contribution in [1.29, 1.82) is 0 Å². The second kappa shape index (κ2) is 8.55. The molecule has 2 aromatic rings. The van der Waals surface area contributed by atoms with Crippen molar-refractivity contribution in [3.8, 4) is 11.3 Å². The first kappa shape index (κ1) is 19.6. The number of hydrogen-bond acceptors (Lipinski definition) is 4. The molecule has 8 heteroatoms. The minimum absolute atomic E-state index is 0.0201. The highest BCUT2D eigenvalue weighted by Crippen LogP contribution is 2.24. The minimum atomic E-state index is -1.09. The molecule has 1 aromatic carbocycles. The number of oxazole rings is 1. The van der Waals surface area contributed by atoms with Crippen LogP contribution in [0.1, 0.15) is 32.6 Å². The summed E-state index contributed by atoms with van der Waals surface area (Å²) < 4.78 is 32.1. The van der Waals surface area contributed by atoms with Crippen LogP contribution in [-0.4, -0.2) is 28.0 Å². The molecule has 0 radical (unpaired) electrons. The number of carbonyl (C=O) groups is 2. The number of amides is 1. The lowest BCUT2D eigenvalue weighted by molar-refractivity contribution is -0.142. The van der Waals surface area contributed by atoms with Crippen LogP contribution in [0.4, 0.5) is 8.78 Å².